The molecule has 0 aromatic heterocycles. The van der Waals surface area contributed by atoms with E-state index in [9.17, 15) is 4.79 Å². The summed E-state index contributed by atoms with van der Waals surface area (Å²) in [4.78, 5) is 11.6. The van der Waals surface area contributed by atoms with Crippen molar-refractivity contribution in [2.75, 3.05) is 11.9 Å². The van der Waals surface area contributed by atoms with Crippen LogP contribution in [0.5, 0.6) is 0 Å². The highest BCUT2D eigenvalue weighted by Gasteiger charge is 2.24. The molecular formula is C10H10BrIN2O. The monoisotopic (exact) mass is 380 g/mol. The number of halogens is 2. The molecular weight excluding hydrogens is 371 g/mol. The SMILES string of the molecule is O=C(Nc1ccc(Br)c(I)c1)[C@H]1CCN1. The lowest BCUT2D eigenvalue weighted by atomic mass is 10.1. The molecule has 15 heavy (non-hydrogen) atoms. The second kappa shape index (κ2) is 4.80. The van der Waals surface area contributed by atoms with Gasteiger partial charge in [0.1, 0.15) is 0 Å². The standard InChI is InChI=1S/C10H10BrIN2O/c11-7-2-1-6(5-8(7)12)14-10(15)9-3-4-13-9/h1-2,5,9,13H,3-4H2,(H,14,15)/t9-/m1/s1. The smallest absolute Gasteiger partial charge is 0.241 e. The molecule has 0 spiro atoms. The summed E-state index contributed by atoms with van der Waals surface area (Å²) < 4.78 is 2.13. The molecule has 1 amide bonds. The van der Waals surface area contributed by atoms with Crippen LogP contribution >= 0.6 is 38.5 Å². The number of carbonyl (C=O) groups is 1. The van der Waals surface area contributed by atoms with E-state index in [1.54, 1.807) is 0 Å². The number of amides is 1. The Morgan fingerprint density at radius 2 is 2.33 bits per heavy atom. The van der Waals surface area contributed by atoms with Crippen LogP contribution in [0.3, 0.4) is 0 Å². The molecule has 1 aromatic carbocycles. The Morgan fingerprint density at radius 1 is 1.60 bits per heavy atom. The van der Waals surface area contributed by atoms with Crippen LogP contribution in [0.2, 0.25) is 0 Å². The first kappa shape index (κ1) is 11.3. The minimum absolute atomic E-state index is 0.00805. The first-order chi connectivity index (χ1) is 7.16. The maximum atomic E-state index is 11.6. The van der Waals surface area contributed by atoms with Crippen molar-refractivity contribution in [1.82, 2.24) is 5.32 Å². The second-order valence-electron chi connectivity index (χ2n) is 3.41. The minimum Gasteiger partial charge on any atom is -0.325 e. The molecule has 1 aromatic rings. The Labute approximate surface area is 110 Å². The number of carbonyl (C=O) groups excluding carboxylic acids is 1. The van der Waals surface area contributed by atoms with Crippen molar-refractivity contribution in [2.24, 2.45) is 0 Å². The molecule has 80 valence electrons. The summed E-state index contributed by atoms with van der Waals surface area (Å²) >= 11 is 5.64. The molecule has 3 nitrogen and oxygen atoms in total. The van der Waals surface area contributed by atoms with Gasteiger partial charge in [-0.25, -0.2) is 0 Å². The van der Waals surface area contributed by atoms with Gasteiger partial charge in [0.25, 0.3) is 0 Å². The lowest BCUT2D eigenvalue weighted by molar-refractivity contribution is -0.119. The highest BCUT2D eigenvalue weighted by atomic mass is 127. The molecule has 0 radical (unpaired) electrons. The van der Waals surface area contributed by atoms with E-state index >= 15 is 0 Å². The van der Waals surface area contributed by atoms with E-state index in [0.717, 1.165) is 26.7 Å². The molecule has 1 atom stereocenters. The van der Waals surface area contributed by atoms with Gasteiger partial charge in [-0.15, -0.1) is 0 Å². The predicted octanol–water partition coefficient (Wildman–Crippen LogP) is 2.35. The Bertz CT molecular complexity index is 393. The normalized spacial score (nSPS) is 19.5. The van der Waals surface area contributed by atoms with Crippen LogP contribution in [-0.4, -0.2) is 18.5 Å². The van der Waals surface area contributed by atoms with Gasteiger partial charge in [0.15, 0.2) is 0 Å². The Hall–Kier alpha value is -0.140. The number of hydrogen-bond acceptors (Lipinski definition) is 2. The topological polar surface area (TPSA) is 41.1 Å². The quantitative estimate of drug-likeness (QED) is 0.773. The maximum absolute atomic E-state index is 11.6. The van der Waals surface area contributed by atoms with E-state index in [0.29, 0.717) is 0 Å². The van der Waals surface area contributed by atoms with Crippen molar-refractivity contribution < 1.29 is 4.79 Å². The fraction of sp³-hybridized carbons (Fsp3) is 0.300. The van der Waals surface area contributed by atoms with Crippen molar-refractivity contribution in [3.63, 3.8) is 0 Å². The Morgan fingerprint density at radius 3 is 2.87 bits per heavy atom. The third kappa shape index (κ3) is 2.70. The zero-order valence-electron chi connectivity index (χ0n) is 7.89. The van der Waals surface area contributed by atoms with Gasteiger partial charge in [-0.05, 0) is 69.7 Å². The van der Waals surface area contributed by atoms with Gasteiger partial charge < -0.3 is 10.6 Å². The van der Waals surface area contributed by atoms with Crippen LogP contribution in [0.1, 0.15) is 6.42 Å². The summed E-state index contributed by atoms with van der Waals surface area (Å²) in [5, 5.41) is 5.95. The van der Waals surface area contributed by atoms with Gasteiger partial charge in [0, 0.05) is 13.7 Å². The molecule has 1 aliphatic rings. The van der Waals surface area contributed by atoms with Crippen LogP contribution < -0.4 is 10.6 Å². The van der Waals surface area contributed by atoms with E-state index in [4.69, 9.17) is 0 Å². The van der Waals surface area contributed by atoms with E-state index < -0.39 is 0 Å². The molecule has 1 heterocycles. The first-order valence-corrected chi connectivity index (χ1v) is 6.53. The number of benzene rings is 1. The summed E-state index contributed by atoms with van der Waals surface area (Å²) in [6.07, 6.45) is 0.930. The maximum Gasteiger partial charge on any atom is 0.241 e. The number of hydrogen-bond donors (Lipinski definition) is 2. The van der Waals surface area contributed by atoms with E-state index in [2.05, 4.69) is 49.2 Å². The van der Waals surface area contributed by atoms with Crippen LogP contribution in [-0.2, 0) is 4.79 Å². The first-order valence-electron chi connectivity index (χ1n) is 4.66. The zero-order chi connectivity index (χ0) is 10.8. The fourth-order valence-corrected chi connectivity index (χ4v) is 2.08. The molecule has 0 aliphatic carbocycles. The summed E-state index contributed by atoms with van der Waals surface area (Å²) in [5.74, 6) is 0.0550. The van der Waals surface area contributed by atoms with Crippen molar-refractivity contribution in [3.05, 3.63) is 26.2 Å². The van der Waals surface area contributed by atoms with Crippen molar-refractivity contribution in [1.29, 1.82) is 0 Å². The number of anilines is 1. The molecule has 5 heteroatoms. The molecule has 0 unspecified atom stereocenters. The van der Waals surface area contributed by atoms with Crippen LogP contribution in [0.15, 0.2) is 22.7 Å². The van der Waals surface area contributed by atoms with Gasteiger partial charge in [-0.2, -0.15) is 0 Å². The average Bonchev–Trinajstić information content (AvgIpc) is 2.08. The van der Waals surface area contributed by atoms with Crippen LogP contribution in [0.4, 0.5) is 5.69 Å². The number of nitrogens with one attached hydrogen (secondary N) is 2. The predicted molar refractivity (Wildman–Crippen MR) is 71.9 cm³/mol. The van der Waals surface area contributed by atoms with Crippen molar-refractivity contribution in [2.45, 2.75) is 12.5 Å². The molecule has 2 N–H and O–H groups in total. The molecule has 1 aliphatic heterocycles. The zero-order valence-corrected chi connectivity index (χ0v) is 11.6. The highest BCUT2D eigenvalue weighted by Crippen LogP contribution is 2.22. The average molecular weight is 381 g/mol. The van der Waals surface area contributed by atoms with Gasteiger partial charge >= 0.3 is 0 Å². The summed E-state index contributed by atoms with van der Waals surface area (Å²) in [7, 11) is 0. The van der Waals surface area contributed by atoms with Gasteiger partial charge in [0.2, 0.25) is 5.91 Å². The lowest BCUT2D eigenvalue weighted by Crippen LogP contribution is -2.50. The van der Waals surface area contributed by atoms with E-state index in [-0.39, 0.29) is 11.9 Å². The number of rotatable bonds is 2. The molecule has 0 saturated carbocycles. The summed E-state index contributed by atoms with van der Waals surface area (Å²) in [6.45, 7) is 0.940. The molecule has 2 rings (SSSR count). The Balaban J connectivity index is 2.03. The Kier molecular flexibility index (Phi) is 3.63. The molecule has 0 bridgehead atoms. The lowest BCUT2D eigenvalue weighted by Gasteiger charge is -2.26. The highest BCUT2D eigenvalue weighted by molar-refractivity contribution is 14.1. The van der Waals surface area contributed by atoms with Gasteiger partial charge in [-0.3, -0.25) is 4.79 Å². The van der Waals surface area contributed by atoms with Crippen LogP contribution in [0.25, 0.3) is 0 Å². The fourth-order valence-electron chi connectivity index (χ4n) is 1.32. The largest absolute Gasteiger partial charge is 0.325 e. The van der Waals surface area contributed by atoms with Gasteiger partial charge in [-0.1, -0.05) is 0 Å². The van der Waals surface area contributed by atoms with Crippen molar-refractivity contribution in [3.8, 4) is 0 Å². The van der Waals surface area contributed by atoms with Crippen LogP contribution in [0, 0.1) is 3.57 Å². The van der Waals surface area contributed by atoms with Gasteiger partial charge in [0.05, 0.1) is 6.04 Å². The molecule has 1 saturated heterocycles. The summed E-state index contributed by atoms with van der Waals surface area (Å²) in [6, 6.07) is 5.77. The van der Waals surface area contributed by atoms with Crippen molar-refractivity contribution >= 4 is 50.1 Å². The third-order valence-electron chi connectivity index (χ3n) is 2.33. The van der Waals surface area contributed by atoms with E-state index in [1.165, 1.54) is 0 Å². The summed E-state index contributed by atoms with van der Waals surface area (Å²) in [5.41, 5.74) is 0.848. The molecule has 1 fully saturated rings. The third-order valence-corrected chi connectivity index (χ3v) is 4.65. The minimum atomic E-state index is -0.00805. The van der Waals surface area contributed by atoms with E-state index in [1.807, 2.05) is 18.2 Å². The second-order valence-corrected chi connectivity index (χ2v) is 5.43.